The van der Waals surface area contributed by atoms with Crippen LogP contribution in [0.5, 0.6) is 0 Å². The lowest BCUT2D eigenvalue weighted by Gasteiger charge is -2.11. The van der Waals surface area contributed by atoms with Crippen molar-refractivity contribution in [1.82, 2.24) is 9.78 Å². The quantitative estimate of drug-likeness (QED) is 0.923. The maximum absolute atomic E-state index is 12.7. The van der Waals surface area contributed by atoms with Gasteiger partial charge in [0.2, 0.25) is 0 Å². The summed E-state index contributed by atoms with van der Waals surface area (Å²) in [7, 11) is 0. The van der Waals surface area contributed by atoms with Crippen LogP contribution in [0.4, 0.5) is 13.2 Å². The molecule has 0 unspecified atom stereocenters. The number of halogens is 4. The van der Waals surface area contributed by atoms with E-state index in [4.69, 9.17) is 5.11 Å². The Morgan fingerprint density at radius 3 is 2.56 bits per heavy atom. The topological polar surface area (TPSA) is 38.0 Å². The van der Waals surface area contributed by atoms with Crippen LogP contribution in [0.3, 0.4) is 0 Å². The number of aliphatic hydroxyl groups excluding tert-OH is 1. The highest BCUT2D eigenvalue weighted by Gasteiger charge is 2.33. The zero-order valence-corrected chi connectivity index (χ0v) is 10.5. The number of aromatic nitrogens is 2. The van der Waals surface area contributed by atoms with Crippen LogP contribution in [-0.4, -0.2) is 14.9 Å². The molecule has 7 heteroatoms. The summed E-state index contributed by atoms with van der Waals surface area (Å²) in [6.45, 7) is -0.254. The third kappa shape index (κ3) is 2.56. The van der Waals surface area contributed by atoms with Gasteiger partial charge in [-0.3, -0.25) is 0 Å². The first-order valence-electron chi connectivity index (χ1n) is 4.94. The van der Waals surface area contributed by atoms with E-state index in [1.807, 2.05) is 0 Å². The van der Waals surface area contributed by atoms with E-state index >= 15 is 0 Å². The number of rotatable bonds is 2. The van der Waals surface area contributed by atoms with Crippen LogP contribution in [-0.2, 0) is 12.8 Å². The third-order valence-electron chi connectivity index (χ3n) is 2.33. The fourth-order valence-electron chi connectivity index (χ4n) is 1.46. The highest BCUT2D eigenvalue weighted by atomic mass is 79.9. The minimum atomic E-state index is -4.43. The molecule has 0 aliphatic rings. The molecule has 1 aromatic heterocycles. The van der Waals surface area contributed by atoms with Gasteiger partial charge in [0.1, 0.15) is 0 Å². The summed E-state index contributed by atoms with van der Waals surface area (Å²) >= 11 is 2.87. The monoisotopic (exact) mass is 320 g/mol. The average Bonchev–Trinajstić information content (AvgIpc) is 2.76. The van der Waals surface area contributed by atoms with E-state index in [9.17, 15) is 13.2 Å². The molecule has 0 radical (unpaired) electrons. The molecule has 1 N–H and O–H groups in total. The Bertz CT molecular complexity index is 566. The van der Waals surface area contributed by atoms with Crippen LogP contribution in [0.15, 0.2) is 34.9 Å². The minimum absolute atomic E-state index is 0.0201. The second kappa shape index (κ2) is 4.74. The predicted octanol–water partition coefficient (Wildman–Crippen LogP) is 3.15. The highest BCUT2D eigenvalue weighted by molar-refractivity contribution is 9.10. The maximum Gasteiger partial charge on any atom is 0.417 e. The normalized spacial score (nSPS) is 11.8. The third-order valence-corrected chi connectivity index (χ3v) is 3.02. The summed E-state index contributed by atoms with van der Waals surface area (Å²) in [5, 5.41) is 12.8. The predicted molar refractivity (Wildman–Crippen MR) is 62.2 cm³/mol. The van der Waals surface area contributed by atoms with E-state index in [1.165, 1.54) is 29.1 Å². The number of alkyl halides is 3. The van der Waals surface area contributed by atoms with E-state index in [0.717, 1.165) is 6.07 Å². The molecule has 18 heavy (non-hydrogen) atoms. The van der Waals surface area contributed by atoms with Crippen molar-refractivity contribution in [1.29, 1.82) is 0 Å². The molecule has 0 fully saturated rings. The van der Waals surface area contributed by atoms with Crippen molar-refractivity contribution in [2.45, 2.75) is 12.8 Å². The lowest BCUT2D eigenvalue weighted by Crippen LogP contribution is -2.07. The van der Waals surface area contributed by atoms with Gasteiger partial charge in [0.25, 0.3) is 0 Å². The molecular formula is C11H8BrF3N2O. The van der Waals surface area contributed by atoms with Gasteiger partial charge in [-0.15, -0.1) is 0 Å². The van der Waals surface area contributed by atoms with Crippen LogP contribution in [0.1, 0.15) is 11.3 Å². The Morgan fingerprint density at radius 2 is 2.00 bits per heavy atom. The summed E-state index contributed by atoms with van der Waals surface area (Å²) in [5.41, 5.74) is -0.0854. The van der Waals surface area contributed by atoms with E-state index in [0.29, 0.717) is 5.69 Å². The molecule has 1 heterocycles. The fraction of sp³-hybridized carbons (Fsp3) is 0.182. The molecule has 0 saturated carbocycles. The molecule has 0 aliphatic carbocycles. The van der Waals surface area contributed by atoms with Gasteiger partial charge in [0, 0.05) is 10.7 Å². The SMILES string of the molecule is OCc1ccn(-c2ccc(Br)c(C(F)(F)F)c2)n1. The second-order valence-electron chi connectivity index (χ2n) is 3.57. The number of aliphatic hydroxyl groups is 1. The Kier molecular flexibility index (Phi) is 3.45. The summed E-state index contributed by atoms with van der Waals surface area (Å²) in [6, 6.07) is 5.36. The molecule has 2 rings (SSSR count). The molecule has 1 aromatic carbocycles. The number of hydrogen-bond donors (Lipinski definition) is 1. The van der Waals surface area contributed by atoms with Crippen molar-refractivity contribution >= 4 is 15.9 Å². The molecule has 0 aliphatic heterocycles. The minimum Gasteiger partial charge on any atom is -0.390 e. The largest absolute Gasteiger partial charge is 0.417 e. The summed E-state index contributed by atoms with van der Waals surface area (Å²) < 4.78 is 39.4. The summed E-state index contributed by atoms with van der Waals surface area (Å²) in [6.07, 6.45) is -2.93. The Labute approximate surface area is 109 Å². The molecule has 0 saturated heterocycles. The standard InChI is InChI=1S/C11H8BrF3N2O/c12-10-2-1-8(5-9(10)11(13,14)15)17-4-3-7(6-18)16-17/h1-5,18H,6H2. The van der Waals surface area contributed by atoms with E-state index in [-0.39, 0.29) is 16.8 Å². The first kappa shape index (κ1) is 13.1. The molecule has 2 aromatic rings. The number of hydrogen-bond acceptors (Lipinski definition) is 2. The van der Waals surface area contributed by atoms with Gasteiger partial charge in [-0.25, -0.2) is 4.68 Å². The van der Waals surface area contributed by atoms with Crippen molar-refractivity contribution in [2.24, 2.45) is 0 Å². The molecular weight excluding hydrogens is 313 g/mol. The lowest BCUT2D eigenvalue weighted by molar-refractivity contribution is -0.138. The smallest absolute Gasteiger partial charge is 0.390 e. The van der Waals surface area contributed by atoms with E-state index < -0.39 is 11.7 Å². The first-order valence-corrected chi connectivity index (χ1v) is 5.73. The molecule has 0 bridgehead atoms. The highest BCUT2D eigenvalue weighted by Crippen LogP contribution is 2.35. The van der Waals surface area contributed by atoms with Gasteiger partial charge in [0.05, 0.1) is 23.6 Å². The first-order chi connectivity index (χ1) is 8.41. The number of benzene rings is 1. The summed E-state index contributed by atoms with van der Waals surface area (Å²) in [4.78, 5) is 0. The van der Waals surface area contributed by atoms with Crippen LogP contribution in [0.2, 0.25) is 0 Å². The van der Waals surface area contributed by atoms with E-state index in [2.05, 4.69) is 21.0 Å². The molecule has 0 atom stereocenters. The van der Waals surface area contributed by atoms with Gasteiger partial charge in [0.15, 0.2) is 0 Å². The Hall–Kier alpha value is -1.34. The summed E-state index contributed by atoms with van der Waals surface area (Å²) in [5.74, 6) is 0. The van der Waals surface area contributed by atoms with Crippen LogP contribution < -0.4 is 0 Å². The zero-order valence-electron chi connectivity index (χ0n) is 8.95. The van der Waals surface area contributed by atoms with Crippen molar-refractivity contribution in [3.8, 4) is 5.69 Å². The van der Waals surface area contributed by atoms with Crippen molar-refractivity contribution in [3.63, 3.8) is 0 Å². The van der Waals surface area contributed by atoms with Gasteiger partial charge < -0.3 is 5.11 Å². The van der Waals surface area contributed by atoms with Crippen LogP contribution >= 0.6 is 15.9 Å². The average molecular weight is 321 g/mol. The molecule has 0 amide bonds. The molecule has 96 valence electrons. The lowest BCUT2D eigenvalue weighted by atomic mass is 10.2. The van der Waals surface area contributed by atoms with Crippen LogP contribution in [0.25, 0.3) is 5.69 Å². The van der Waals surface area contributed by atoms with Gasteiger partial charge in [-0.2, -0.15) is 18.3 Å². The molecule has 3 nitrogen and oxygen atoms in total. The van der Waals surface area contributed by atoms with Crippen molar-refractivity contribution < 1.29 is 18.3 Å². The maximum atomic E-state index is 12.7. The van der Waals surface area contributed by atoms with Crippen molar-refractivity contribution in [3.05, 3.63) is 46.2 Å². The van der Waals surface area contributed by atoms with Gasteiger partial charge in [-0.05, 0) is 24.3 Å². The van der Waals surface area contributed by atoms with Gasteiger partial charge in [-0.1, -0.05) is 15.9 Å². The molecule has 0 spiro atoms. The van der Waals surface area contributed by atoms with E-state index in [1.54, 1.807) is 0 Å². The van der Waals surface area contributed by atoms with Crippen molar-refractivity contribution in [2.75, 3.05) is 0 Å². The second-order valence-corrected chi connectivity index (χ2v) is 4.43. The Morgan fingerprint density at radius 1 is 1.28 bits per heavy atom. The Balaban J connectivity index is 2.47. The van der Waals surface area contributed by atoms with Gasteiger partial charge >= 0.3 is 6.18 Å². The number of nitrogens with zero attached hydrogens (tertiary/aromatic N) is 2. The zero-order chi connectivity index (χ0) is 13.3. The fourth-order valence-corrected chi connectivity index (χ4v) is 1.93. The van der Waals surface area contributed by atoms with Crippen LogP contribution in [0, 0.1) is 0 Å².